The van der Waals surface area contributed by atoms with E-state index in [1.165, 1.54) is 7.11 Å². The van der Waals surface area contributed by atoms with E-state index >= 15 is 0 Å². The number of amides is 1. The first-order chi connectivity index (χ1) is 8.74. The van der Waals surface area contributed by atoms with E-state index < -0.39 is 0 Å². The van der Waals surface area contributed by atoms with Gasteiger partial charge in [-0.1, -0.05) is 5.11 Å². The Balaban J connectivity index is 2.08. The molecule has 0 saturated carbocycles. The predicted molar refractivity (Wildman–Crippen MR) is 63.1 cm³/mol. The van der Waals surface area contributed by atoms with Crippen molar-refractivity contribution in [1.29, 1.82) is 0 Å². The largest absolute Gasteiger partial charge is 0.480 e. The number of rotatable bonds is 4. The maximum absolute atomic E-state index is 11.8. The Morgan fingerprint density at radius 2 is 2.44 bits per heavy atom. The molecule has 0 spiro atoms. The number of ether oxygens (including phenoxy) is 1. The lowest BCUT2D eigenvalue weighted by Crippen LogP contribution is -2.26. The Morgan fingerprint density at radius 3 is 3.06 bits per heavy atom. The van der Waals surface area contributed by atoms with Crippen LogP contribution in [0.3, 0.4) is 0 Å². The Bertz CT molecular complexity index is 482. The lowest BCUT2D eigenvalue weighted by Gasteiger charge is -2.14. The van der Waals surface area contributed by atoms with Gasteiger partial charge in [0.1, 0.15) is 0 Å². The fraction of sp³-hybridized carbons (Fsp3) is 0.500. The zero-order chi connectivity index (χ0) is 13.0. The van der Waals surface area contributed by atoms with Crippen LogP contribution < -0.4 is 9.64 Å². The molecule has 1 fully saturated rings. The molecule has 0 aliphatic carbocycles. The molecular formula is C10H12N6O2. The van der Waals surface area contributed by atoms with Gasteiger partial charge in [0.25, 0.3) is 0 Å². The minimum Gasteiger partial charge on any atom is -0.480 e. The molecule has 1 aliphatic heterocycles. The molecule has 1 aromatic heterocycles. The van der Waals surface area contributed by atoms with Gasteiger partial charge in [-0.05, 0) is 17.5 Å². The van der Waals surface area contributed by atoms with E-state index in [0.717, 1.165) is 0 Å². The molecule has 1 aliphatic rings. The fourth-order valence-electron chi connectivity index (χ4n) is 1.84. The van der Waals surface area contributed by atoms with Crippen LogP contribution in [0.1, 0.15) is 6.42 Å². The summed E-state index contributed by atoms with van der Waals surface area (Å²) in [5.41, 5.74) is 8.26. The van der Waals surface area contributed by atoms with Crippen LogP contribution in [0.25, 0.3) is 10.4 Å². The first-order valence-electron chi connectivity index (χ1n) is 5.43. The molecule has 0 radical (unpaired) electrons. The third-order valence-electron chi connectivity index (χ3n) is 2.72. The molecule has 1 saturated heterocycles. The van der Waals surface area contributed by atoms with Gasteiger partial charge >= 0.3 is 0 Å². The second-order valence-corrected chi connectivity index (χ2v) is 3.92. The highest BCUT2D eigenvalue weighted by molar-refractivity contribution is 5.94. The highest BCUT2D eigenvalue weighted by atomic mass is 16.5. The van der Waals surface area contributed by atoms with Crippen LogP contribution in [0.4, 0.5) is 5.82 Å². The van der Waals surface area contributed by atoms with Crippen LogP contribution in [-0.4, -0.2) is 36.3 Å². The maximum atomic E-state index is 11.8. The van der Waals surface area contributed by atoms with E-state index in [4.69, 9.17) is 10.3 Å². The Hall–Kier alpha value is -2.34. The lowest BCUT2D eigenvalue weighted by atomic mass is 10.1. The summed E-state index contributed by atoms with van der Waals surface area (Å²) in [4.78, 5) is 16.0. The predicted octanol–water partition coefficient (Wildman–Crippen LogP) is 1.15. The number of aromatic nitrogens is 2. The molecule has 18 heavy (non-hydrogen) atoms. The number of nitrogens with zero attached hydrogens (tertiary/aromatic N) is 6. The number of anilines is 1. The molecule has 2 heterocycles. The maximum Gasteiger partial charge on any atom is 0.233 e. The van der Waals surface area contributed by atoms with Crippen molar-refractivity contribution in [2.24, 2.45) is 11.0 Å². The summed E-state index contributed by atoms with van der Waals surface area (Å²) in [6.45, 7) is 0.821. The van der Waals surface area contributed by atoms with Crippen LogP contribution in [0.5, 0.6) is 5.88 Å². The third kappa shape index (κ3) is 2.49. The van der Waals surface area contributed by atoms with Gasteiger partial charge in [0.15, 0.2) is 5.82 Å². The zero-order valence-electron chi connectivity index (χ0n) is 9.85. The van der Waals surface area contributed by atoms with Gasteiger partial charge in [0, 0.05) is 30.5 Å². The fourth-order valence-corrected chi connectivity index (χ4v) is 1.84. The second-order valence-electron chi connectivity index (χ2n) is 3.92. The minimum absolute atomic E-state index is 0.0346. The van der Waals surface area contributed by atoms with Crippen LogP contribution >= 0.6 is 0 Å². The first kappa shape index (κ1) is 12.1. The van der Waals surface area contributed by atoms with Crippen molar-refractivity contribution in [3.05, 3.63) is 22.6 Å². The van der Waals surface area contributed by atoms with E-state index in [9.17, 15) is 4.79 Å². The molecule has 1 amide bonds. The normalized spacial score (nSPS) is 18.6. The van der Waals surface area contributed by atoms with Crippen molar-refractivity contribution in [3.8, 4) is 5.88 Å². The van der Waals surface area contributed by atoms with Gasteiger partial charge in [0.05, 0.1) is 7.11 Å². The summed E-state index contributed by atoms with van der Waals surface area (Å²) < 4.78 is 4.90. The third-order valence-corrected chi connectivity index (χ3v) is 2.72. The van der Waals surface area contributed by atoms with Crippen molar-refractivity contribution in [2.45, 2.75) is 6.42 Å². The van der Waals surface area contributed by atoms with Gasteiger partial charge in [-0.25, -0.2) is 0 Å². The number of carbonyl (C=O) groups excluding carboxylic acids is 1. The van der Waals surface area contributed by atoms with Gasteiger partial charge < -0.3 is 4.74 Å². The van der Waals surface area contributed by atoms with Crippen molar-refractivity contribution >= 4 is 11.7 Å². The molecule has 0 bridgehead atoms. The molecule has 0 aromatic carbocycles. The van der Waals surface area contributed by atoms with E-state index in [2.05, 4.69) is 20.2 Å². The van der Waals surface area contributed by atoms with Crippen LogP contribution in [0, 0.1) is 5.92 Å². The molecule has 94 valence electrons. The van der Waals surface area contributed by atoms with E-state index in [1.807, 2.05) is 0 Å². The second kappa shape index (κ2) is 5.33. The van der Waals surface area contributed by atoms with Crippen LogP contribution in [-0.2, 0) is 4.79 Å². The molecular weight excluding hydrogens is 236 g/mol. The number of azide groups is 1. The summed E-state index contributed by atoms with van der Waals surface area (Å²) in [5, 5.41) is 11.2. The van der Waals surface area contributed by atoms with E-state index in [0.29, 0.717) is 31.2 Å². The SMILES string of the molecule is COc1ccc(N2CC(CN=[N+]=[N-])CC2=O)nn1. The summed E-state index contributed by atoms with van der Waals surface area (Å²) >= 11 is 0. The van der Waals surface area contributed by atoms with E-state index in [1.54, 1.807) is 17.0 Å². The number of carbonyl (C=O) groups is 1. The van der Waals surface area contributed by atoms with Crippen molar-refractivity contribution in [3.63, 3.8) is 0 Å². The Kier molecular flexibility index (Phi) is 3.59. The highest BCUT2D eigenvalue weighted by Crippen LogP contribution is 2.23. The average Bonchev–Trinajstić information content (AvgIpc) is 2.78. The number of hydrogen-bond donors (Lipinski definition) is 0. The quantitative estimate of drug-likeness (QED) is 0.452. The van der Waals surface area contributed by atoms with Crippen LogP contribution in [0.2, 0.25) is 0 Å². The van der Waals surface area contributed by atoms with Crippen molar-refractivity contribution in [2.75, 3.05) is 25.1 Å². The van der Waals surface area contributed by atoms with E-state index in [-0.39, 0.29) is 11.8 Å². The average molecular weight is 248 g/mol. The van der Waals surface area contributed by atoms with Crippen molar-refractivity contribution < 1.29 is 9.53 Å². The molecule has 1 aromatic rings. The number of hydrogen-bond acceptors (Lipinski definition) is 5. The topological polar surface area (TPSA) is 104 Å². The summed E-state index contributed by atoms with van der Waals surface area (Å²) in [7, 11) is 1.50. The Labute approximate surface area is 103 Å². The summed E-state index contributed by atoms with van der Waals surface area (Å²) in [5.74, 6) is 0.894. The summed E-state index contributed by atoms with van der Waals surface area (Å²) in [6.07, 6.45) is 0.368. The molecule has 1 atom stereocenters. The highest BCUT2D eigenvalue weighted by Gasteiger charge is 2.31. The van der Waals surface area contributed by atoms with Gasteiger partial charge in [-0.3, -0.25) is 9.69 Å². The van der Waals surface area contributed by atoms with Gasteiger partial charge in [0.2, 0.25) is 11.8 Å². The van der Waals surface area contributed by atoms with Crippen molar-refractivity contribution in [1.82, 2.24) is 10.2 Å². The zero-order valence-corrected chi connectivity index (χ0v) is 9.85. The number of methoxy groups -OCH3 is 1. The van der Waals surface area contributed by atoms with Crippen LogP contribution in [0.15, 0.2) is 17.2 Å². The minimum atomic E-state index is -0.0346. The molecule has 2 rings (SSSR count). The lowest BCUT2D eigenvalue weighted by molar-refractivity contribution is -0.117. The molecule has 8 heteroatoms. The Morgan fingerprint density at radius 1 is 1.61 bits per heavy atom. The van der Waals surface area contributed by atoms with Gasteiger partial charge in [-0.15, -0.1) is 10.2 Å². The smallest absolute Gasteiger partial charge is 0.233 e. The molecule has 0 N–H and O–H groups in total. The monoisotopic (exact) mass is 248 g/mol. The molecule has 8 nitrogen and oxygen atoms in total. The first-order valence-corrected chi connectivity index (χ1v) is 5.43. The molecule has 1 unspecified atom stereocenters. The standard InChI is InChI=1S/C10H12N6O2/c1-18-9-3-2-8(13-14-9)16-6-7(4-10(16)17)5-12-15-11/h2-3,7H,4-6H2,1H3. The van der Waals surface area contributed by atoms with Gasteiger partial charge in [-0.2, -0.15) is 0 Å². The summed E-state index contributed by atoms with van der Waals surface area (Å²) in [6, 6.07) is 3.33.